The second-order valence-electron chi connectivity index (χ2n) is 19.0. The molecule has 0 radical (unpaired) electrons. The summed E-state index contributed by atoms with van der Waals surface area (Å²) in [6.45, 7) is 17.7. The van der Waals surface area contributed by atoms with E-state index in [0.717, 1.165) is 52.4 Å². The zero-order valence-corrected chi connectivity index (χ0v) is 59.9. The Balaban J connectivity index is -0.000000744. The largest absolute Gasteiger partial charge is 1.00 e. The molecule has 0 aromatic rings. The summed E-state index contributed by atoms with van der Waals surface area (Å²) >= 11 is 0. The summed E-state index contributed by atoms with van der Waals surface area (Å²) in [5, 5.41) is 25.7. The summed E-state index contributed by atoms with van der Waals surface area (Å²) in [6.07, 6.45) is 20.5. The Morgan fingerprint density at radius 2 is 0.548 bits per heavy atom. The molecule has 0 heterocycles. The maximum atomic E-state index is 14.1. The van der Waals surface area contributed by atoms with Gasteiger partial charge in [0.05, 0.1) is 26.4 Å². The molecule has 84 heavy (non-hydrogen) atoms. The van der Waals surface area contributed by atoms with Gasteiger partial charge in [0, 0.05) is 52.9 Å². The van der Waals surface area contributed by atoms with E-state index in [1.165, 1.54) is 133 Å². The minimum absolute atomic E-state index is 0. The van der Waals surface area contributed by atoms with Gasteiger partial charge in [0.15, 0.2) is 0 Å². The van der Waals surface area contributed by atoms with E-state index in [9.17, 15) is 46.2 Å². The molecule has 0 aliphatic carbocycles. The van der Waals surface area contributed by atoms with Crippen molar-refractivity contribution in [2.45, 2.75) is 258 Å². The predicted octanol–water partition coefficient (Wildman–Crippen LogP) is 1.60. The summed E-state index contributed by atoms with van der Waals surface area (Å²) in [5.74, 6) is -19.2. The van der Waals surface area contributed by atoms with Gasteiger partial charge in [-0.25, -0.2) is 19.4 Å². The van der Waals surface area contributed by atoms with Crippen molar-refractivity contribution in [2.24, 2.45) is 0 Å². The molecule has 24 nitrogen and oxygen atoms in total. The van der Waals surface area contributed by atoms with Crippen LogP contribution in [0.25, 0.3) is 0 Å². The second-order valence-corrected chi connectivity index (χ2v) is 22.3. The standard InChI is InChI=1S/2C28H54O12S.2Na/c2*1-8-14-15-16-17-18-19-20-21-22-23-34-25(31)27(41(32,33)40-39-13-6,26(7,35-9-2)36-10-3)28(24(29)30,37-11-4)38-12-5;;/h2*8-23H2,1-7H3,(H,29,30);;/q;;2*+1/p-2. The molecule has 2 unspecified atom stereocenters. The first kappa shape index (κ1) is 89.7. The van der Waals surface area contributed by atoms with Crippen LogP contribution in [0.5, 0.6) is 0 Å². The molecule has 0 aromatic heterocycles. The topological polar surface area (TPSA) is 312 Å². The molecular formula is C56H106Na2O24S2. The molecule has 0 aliphatic rings. The number of carboxylic acid groups (broad SMARTS) is 2. The first-order valence-electron chi connectivity index (χ1n) is 30.0. The Labute approximate surface area is 548 Å². The first-order chi connectivity index (χ1) is 39.0. The van der Waals surface area contributed by atoms with Gasteiger partial charge in [0.1, 0.15) is 11.9 Å². The molecule has 0 spiro atoms. The van der Waals surface area contributed by atoms with Crippen molar-refractivity contribution in [1.82, 2.24) is 0 Å². The quantitative estimate of drug-likeness (QED) is 0.0208. The average molecular weight is 1270 g/mol. The number of aliphatic carboxylic acids is 2. The van der Waals surface area contributed by atoms with E-state index >= 15 is 0 Å². The summed E-state index contributed by atoms with van der Waals surface area (Å²) in [4.78, 5) is 63.3. The van der Waals surface area contributed by atoms with Crippen molar-refractivity contribution in [3.8, 4) is 0 Å². The first-order valence-corrected chi connectivity index (χ1v) is 32.8. The minimum atomic E-state index is -5.48. The smallest absolute Gasteiger partial charge is 0.544 e. The summed E-state index contributed by atoms with van der Waals surface area (Å²) in [5.41, 5.74) is 0. The molecule has 0 saturated carbocycles. The zero-order valence-electron chi connectivity index (χ0n) is 54.2. The van der Waals surface area contributed by atoms with Gasteiger partial charge >= 0.3 is 101 Å². The predicted molar refractivity (Wildman–Crippen MR) is 300 cm³/mol. The third-order valence-electron chi connectivity index (χ3n) is 13.1. The van der Waals surface area contributed by atoms with Gasteiger partial charge in [-0.3, -0.25) is 0 Å². The van der Waals surface area contributed by atoms with E-state index < -0.39 is 103 Å². The van der Waals surface area contributed by atoms with Gasteiger partial charge in [-0.05, 0) is 95.9 Å². The Morgan fingerprint density at radius 3 is 0.738 bits per heavy atom. The molecule has 0 bridgehead atoms. The maximum Gasteiger partial charge on any atom is 1.00 e. The molecule has 0 N–H and O–H groups in total. The van der Waals surface area contributed by atoms with Crippen LogP contribution >= 0.6 is 0 Å². The van der Waals surface area contributed by atoms with Crippen LogP contribution in [0, 0.1) is 0 Å². The van der Waals surface area contributed by atoms with Crippen LogP contribution < -0.4 is 69.3 Å². The van der Waals surface area contributed by atoms with E-state index in [1.54, 1.807) is 0 Å². The Morgan fingerprint density at radius 1 is 0.333 bits per heavy atom. The third-order valence-corrected chi connectivity index (χ3v) is 16.8. The average Bonchev–Trinajstić information content (AvgIpc) is 1.68. The summed E-state index contributed by atoms with van der Waals surface area (Å²) in [6, 6.07) is 0. The number of carbonyl (C=O) groups excluding carboxylic acids is 4. The second kappa shape index (κ2) is 49.1. The zero-order chi connectivity index (χ0) is 62.8. The molecular weight excluding hydrogens is 1170 g/mol. The van der Waals surface area contributed by atoms with E-state index in [4.69, 9.17) is 65.8 Å². The summed E-state index contributed by atoms with van der Waals surface area (Å²) < 4.78 is 114. The number of carboxylic acids is 2. The van der Waals surface area contributed by atoms with Gasteiger partial charge in [0.25, 0.3) is 0 Å². The maximum absolute atomic E-state index is 14.1. The summed E-state index contributed by atoms with van der Waals surface area (Å²) in [7, 11) is -11.0. The Kier molecular flexibility index (Phi) is 52.4. The normalized spacial score (nSPS) is 13.8. The van der Waals surface area contributed by atoms with Crippen LogP contribution in [0.4, 0.5) is 0 Å². The molecule has 0 fully saturated rings. The van der Waals surface area contributed by atoms with Crippen LogP contribution in [0.2, 0.25) is 0 Å². The van der Waals surface area contributed by atoms with Gasteiger partial charge in [0.2, 0.25) is 23.1 Å². The van der Waals surface area contributed by atoms with E-state index in [-0.39, 0.29) is 112 Å². The number of rotatable bonds is 54. The van der Waals surface area contributed by atoms with Crippen molar-refractivity contribution in [3.63, 3.8) is 0 Å². The number of hydrogen-bond donors (Lipinski definition) is 0. The Hall–Kier alpha value is -0.700. The van der Waals surface area contributed by atoms with Gasteiger partial charge in [-0.2, -0.15) is 16.8 Å². The van der Waals surface area contributed by atoms with Crippen LogP contribution in [0.3, 0.4) is 0 Å². The van der Waals surface area contributed by atoms with Crippen molar-refractivity contribution >= 4 is 44.1 Å². The minimum Gasteiger partial charge on any atom is -0.544 e. The van der Waals surface area contributed by atoms with E-state index in [0.29, 0.717) is 25.7 Å². The van der Waals surface area contributed by atoms with Gasteiger partial charge in [-0.1, -0.05) is 129 Å². The van der Waals surface area contributed by atoms with Crippen LogP contribution in [0.15, 0.2) is 0 Å². The number of unbranched alkanes of at least 4 members (excludes halogenated alkanes) is 18. The molecule has 0 saturated heterocycles. The van der Waals surface area contributed by atoms with Crippen LogP contribution in [0.1, 0.15) is 225 Å². The van der Waals surface area contributed by atoms with Gasteiger partial charge < -0.3 is 67.2 Å². The Bertz CT molecular complexity index is 1790. The number of esters is 2. The molecule has 0 aromatic carbocycles. The van der Waals surface area contributed by atoms with Crippen molar-refractivity contribution in [3.05, 3.63) is 0 Å². The molecule has 2 atom stereocenters. The van der Waals surface area contributed by atoms with Crippen molar-refractivity contribution < 1.29 is 171 Å². The number of carbonyl (C=O) groups is 4. The number of hydrogen-bond acceptors (Lipinski definition) is 24. The van der Waals surface area contributed by atoms with Crippen molar-refractivity contribution in [2.75, 3.05) is 79.3 Å². The molecule has 0 amide bonds. The van der Waals surface area contributed by atoms with E-state index in [2.05, 4.69) is 13.8 Å². The molecule has 488 valence electrons. The fraction of sp³-hybridized carbons (Fsp3) is 0.929. The molecule has 0 aliphatic heterocycles. The van der Waals surface area contributed by atoms with Crippen LogP contribution in [-0.2, 0) is 105 Å². The van der Waals surface area contributed by atoms with Gasteiger partial charge in [-0.15, -0.1) is 8.67 Å². The monoisotopic (exact) mass is 1270 g/mol. The van der Waals surface area contributed by atoms with Crippen LogP contribution in [-0.4, -0.2) is 153 Å². The third kappa shape index (κ3) is 24.8. The van der Waals surface area contributed by atoms with E-state index in [1.807, 2.05) is 0 Å². The van der Waals surface area contributed by atoms with Crippen molar-refractivity contribution in [1.29, 1.82) is 0 Å². The molecule has 0 rings (SSSR count). The number of ether oxygens (including phenoxy) is 10. The molecule has 28 heteroatoms. The fourth-order valence-electron chi connectivity index (χ4n) is 9.68. The fourth-order valence-corrected chi connectivity index (χ4v) is 13.1. The SMILES string of the molecule is CCCCCCCCCCCCOC(=O)C(C(C)(OCC)OCC)(C(OCC)(OCC)C(=O)[O-])S(=O)(=O)OOCC.CCCCCCCCCCCCOC(=O)C(C(C)(OCC)OCC)(C(OCC)(OCC)C(=O)[O-])S(=O)(=O)OOCC.[Na+].[Na+].